The maximum atomic E-state index is 6.06. The minimum Gasteiger partial charge on any atom is -0.354 e. The van der Waals surface area contributed by atoms with Crippen LogP contribution in [0, 0.1) is 0 Å². The van der Waals surface area contributed by atoms with Crippen LogP contribution in [0.25, 0.3) is 0 Å². The first kappa shape index (κ1) is 9.74. The minimum atomic E-state index is 0.252. The number of anilines is 1. The summed E-state index contributed by atoms with van der Waals surface area (Å²) in [6, 6.07) is 3.96. The van der Waals surface area contributed by atoms with Crippen LogP contribution < -0.4 is 10.6 Å². The van der Waals surface area contributed by atoms with Gasteiger partial charge in [-0.15, -0.1) is 0 Å². The molecule has 0 aliphatic carbocycles. The van der Waals surface area contributed by atoms with E-state index in [0.29, 0.717) is 5.02 Å². The lowest BCUT2D eigenvalue weighted by Crippen LogP contribution is -2.43. The summed E-state index contributed by atoms with van der Waals surface area (Å²) in [6.07, 6.45) is 3.98. The highest BCUT2D eigenvalue weighted by molar-refractivity contribution is 6.32. The van der Waals surface area contributed by atoms with Crippen LogP contribution in [0.2, 0.25) is 5.02 Å². The summed E-state index contributed by atoms with van der Waals surface area (Å²) in [7, 11) is 0. The molecule has 1 fully saturated rings. The second-order valence-electron chi connectivity index (χ2n) is 3.66. The highest BCUT2D eigenvalue weighted by atomic mass is 35.5. The Morgan fingerprint density at radius 1 is 1.57 bits per heavy atom. The maximum absolute atomic E-state index is 6.06. The van der Waals surface area contributed by atoms with Crippen molar-refractivity contribution in [1.29, 1.82) is 0 Å². The summed E-state index contributed by atoms with van der Waals surface area (Å²) in [5.41, 5.74) is 5.90. The second kappa shape index (κ2) is 4.15. The van der Waals surface area contributed by atoms with E-state index in [4.69, 9.17) is 17.3 Å². The quantitative estimate of drug-likeness (QED) is 0.769. The Hall–Kier alpha value is -0.800. The molecule has 4 heteroatoms. The Balaban J connectivity index is 2.18. The van der Waals surface area contributed by atoms with Gasteiger partial charge in [0.1, 0.15) is 5.82 Å². The van der Waals surface area contributed by atoms with E-state index < -0.39 is 0 Å². The zero-order chi connectivity index (χ0) is 9.97. The van der Waals surface area contributed by atoms with E-state index in [0.717, 1.165) is 31.7 Å². The van der Waals surface area contributed by atoms with E-state index in [9.17, 15) is 0 Å². The van der Waals surface area contributed by atoms with Gasteiger partial charge in [0, 0.05) is 25.3 Å². The molecule has 0 aromatic carbocycles. The average Bonchev–Trinajstić information content (AvgIpc) is 2.18. The molecular weight excluding hydrogens is 198 g/mol. The molecule has 2 rings (SSSR count). The molecule has 1 aliphatic heterocycles. The Morgan fingerprint density at radius 2 is 2.43 bits per heavy atom. The fourth-order valence-electron chi connectivity index (χ4n) is 1.81. The van der Waals surface area contributed by atoms with Gasteiger partial charge in [0.25, 0.3) is 0 Å². The van der Waals surface area contributed by atoms with Gasteiger partial charge in [-0.3, -0.25) is 0 Å². The van der Waals surface area contributed by atoms with E-state index in [1.165, 1.54) is 0 Å². The first-order chi connectivity index (χ1) is 6.77. The van der Waals surface area contributed by atoms with Crippen LogP contribution in [0.3, 0.4) is 0 Å². The van der Waals surface area contributed by atoms with Crippen LogP contribution in [-0.2, 0) is 0 Å². The summed E-state index contributed by atoms with van der Waals surface area (Å²) in [4.78, 5) is 6.44. The van der Waals surface area contributed by atoms with Crippen molar-refractivity contribution in [2.24, 2.45) is 5.73 Å². The molecule has 14 heavy (non-hydrogen) atoms. The normalized spacial score (nSPS) is 22.4. The van der Waals surface area contributed by atoms with Crippen molar-refractivity contribution in [2.75, 3.05) is 18.0 Å². The fraction of sp³-hybridized carbons (Fsp3) is 0.500. The largest absolute Gasteiger partial charge is 0.354 e. The van der Waals surface area contributed by atoms with Crippen molar-refractivity contribution >= 4 is 17.4 Å². The average molecular weight is 212 g/mol. The summed E-state index contributed by atoms with van der Waals surface area (Å²) in [5.74, 6) is 0.865. The van der Waals surface area contributed by atoms with Gasteiger partial charge in [0.15, 0.2) is 0 Å². The topological polar surface area (TPSA) is 42.1 Å². The second-order valence-corrected chi connectivity index (χ2v) is 4.06. The predicted octanol–water partition coefficient (Wildman–Crippen LogP) is 1.66. The number of pyridine rings is 1. The smallest absolute Gasteiger partial charge is 0.147 e. The van der Waals surface area contributed by atoms with Crippen molar-refractivity contribution < 1.29 is 0 Å². The molecule has 2 heterocycles. The van der Waals surface area contributed by atoms with Gasteiger partial charge in [0.05, 0.1) is 5.02 Å². The number of piperidine rings is 1. The molecule has 0 saturated carbocycles. The van der Waals surface area contributed by atoms with Crippen molar-refractivity contribution in [3.8, 4) is 0 Å². The monoisotopic (exact) mass is 211 g/mol. The Labute approximate surface area is 88.9 Å². The van der Waals surface area contributed by atoms with Crippen LogP contribution in [0.15, 0.2) is 18.3 Å². The van der Waals surface area contributed by atoms with Crippen molar-refractivity contribution in [3.05, 3.63) is 23.4 Å². The van der Waals surface area contributed by atoms with Crippen molar-refractivity contribution in [1.82, 2.24) is 4.98 Å². The number of halogens is 1. The zero-order valence-electron chi connectivity index (χ0n) is 7.99. The zero-order valence-corrected chi connectivity index (χ0v) is 8.74. The molecule has 76 valence electrons. The molecule has 0 amide bonds. The lowest BCUT2D eigenvalue weighted by Gasteiger charge is -2.32. The molecule has 1 aromatic heterocycles. The Bertz CT molecular complexity index is 316. The molecule has 1 atom stereocenters. The van der Waals surface area contributed by atoms with Gasteiger partial charge in [-0.2, -0.15) is 0 Å². The molecule has 1 aliphatic rings. The predicted molar refractivity (Wildman–Crippen MR) is 58.7 cm³/mol. The van der Waals surface area contributed by atoms with E-state index in [2.05, 4.69) is 9.88 Å². The summed E-state index contributed by atoms with van der Waals surface area (Å²) >= 11 is 6.06. The number of rotatable bonds is 1. The third-order valence-electron chi connectivity index (χ3n) is 2.50. The summed E-state index contributed by atoms with van der Waals surface area (Å²) in [5, 5.41) is 0.710. The SMILES string of the molecule is N[C@@H]1CCCN(c2ncccc2Cl)C1. The molecule has 0 bridgehead atoms. The summed E-state index contributed by atoms with van der Waals surface area (Å²) < 4.78 is 0. The van der Waals surface area contributed by atoms with Gasteiger partial charge in [0.2, 0.25) is 0 Å². The van der Waals surface area contributed by atoms with Crippen molar-refractivity contribution in [2.45, 2.75) is 18.9 Å². The lowest BCUT2D eigenvalue weighted by molar-refractivity contribution is 0.503. The van der Waals surface area contributed by atoms with Gasteiger partial charge in [-0.25, -0.2) is 4.98 Å². The van der Waals surface area contributed by atoms with Crippen LogP contribution in [0.4, 0.5) is 5.82 Å². The number of nitrogens with two attached hydrogens (primary N) is 1. The van der Waals surface area contributed by atoms with Crippen LogP contribution in [-0.4, -0.2) is 24.1 Å². The standard InChI is InChI=1S/C10H14ClN3/c11-9-4-1-5-13-10(9)14-6-2-3-8(12)7-14/h1,4-5,8H,2-3,6-7,12H2/t8-/m1/s1. The van der Waals surface area contributed by atoms with E-state index in [1.54, 1.807) is 6.20 Å². The molecule has 1 aromatic rings. The number of nitrogens with zero attached hydrogens (tertiary/aromatic N) is 2. The third-order valence-corrected chi connectivity index (χ3v) is 2.79. The Morgan fingerprint density at radius 3 is 3.14 bits per heavy atom. The third kappa shape index (κ3) is 1.99. The van der Waals surface area contributed by atoms with E-state index >= 15 is 0 Å². The molecule has 1 saturated heterocycles. The van der Waals surface area contributed by atoms with Gasteiger partial charge < -0.3 is 10.6 Å². The van der Waals surface area contributed by atoms with Crippen LogP contribution in [0.5, 0.6) is 0 Å². The molecule has 0 unspecified atom stereocenters. The fourth-order valence-corrected chi connectivity index (χ4v) is 2.05. The molecule has 3 nitrogen and oxygen atoms in total. The first-order valence-corrected chi connectivity index (χ1v) is 5.26. The van der Waals surface area contributed by atoms with Gasteiger partial charge in [-0.1, -0.05) is 11.6 Å². The Kier molecular flexibility index (Phi) is 2.89. The van der Waals surface area contributed by atoms with Gasteiger partial charge >= 0.3 is 0 Å². The highest BCUT2D eigenvalue weighted by Crippen LogP contribution is 2.24. The maximum Gasteiger partial charge on any atom is 0.147 e. The van der Waals surface area contributed by atoms with Crippen LogP contribution in [0.1, 0.15) is 12.8 Å². The molecule has 0 spiro atoms. The number of hydrogen-bond acceptors (Lipinski definition) is 3. The van der Waals surface area contributed by atoms with Gasteiger partial charge in [-0.05, 0) is 25.0 Å². The van der Waals surface area contributed by atoms with Crippen LogP contribution >= 0.6 is 11.6 Å². The van der Waals surface area contributed by atoms with E-state index in [1.807, 2.05) is 12.1 Å². The lowest BCUT2D eigenvalue weighted by atomic mass is 10.1. The molecule has 0 radical (unpaired) electrons. The molecule has 2 N–H and O–H groups in total. The number of hydrogen-bond donors (Lipinski definition) is 1. The first-order valence-electron chi connectivity index (χ1n) is 4.88. The van der Waals surface area contributed by atoms with Crippen molar-refractivity contribution in [3.63, 3.8) is 0 Å². The number of aromatic nitrogens is 1. The minimum absolute atomic E-state index is 0.252. The highest BCUT2D eigenvalue weighted by Gasteiger charge is 2.19. The van der Waals surface area contributed by atoms with E-state index in [-0.39, 0.29) is 6.04 Å². The summed E-state index contributed by atoms with van der Waals surface area (Å²) in [6.45, 7) is 1.86. The molecular formula is C10H14ClN3.